The molecule has 2 heterocycles. The standard InChI is InChI=1S/C9H16N4S2.BrH/c1(6-14-8-10-2-3-11-8)7-15-9-12-4-5-13-9;/h1-7H2,(H,10,11)(H,12,13);1H. The molecule has 0 aromatic heterocycles. The Morgan fingerprint density at radius 3 is 1.81 bits per heavy atom. The monoisotopic (exact) mass is 324 g/mol. The minimum absolute atomic E-state index is 0. The fourth-order valence-corrected chi connectivity index (χ4v) is 3.26. The Kier molecular flexibility index (Phi) is 7.31. The predicted molar refractivity (Wildman–Crippen MR) is 80.5 cm³/mol. The Hall–Kier alpha value is 0.120. The zero-order valence-electron chi connectivity index (χ0n) is 9.07. The number of thioether (sulfide) groups is 2. The molecular formula is C9H17BrN4S2. The second kappa shape index (κ2) is 8.25. The number of hydrogen-bond donors (Lipinski definition) is 2. The quantitative estimate of drug-likeness (QED) is 0.766. The number of hydrogen-bond acceptors (Lipinski definition) is 6. The van der Waals surface area contributed by atoms with Gasteiger partial charge in [-0.1, -0.05) is 23.5 Å². The molecule has 0 spiro atoms. The minimum Gasteiger partial charge on any atom is -0.363 e. The molecule has 2 rings (SSSR count). The van der Waals surface area contributed by atoms with Crippen LogP contribution in [0.2, 0.25) is 0 Å². The zero-order chi connectivity index (χ0) is 10.3. The molecule has 0 bridgehead atoms. The third-order valence-electron chi connectivity index (χ3n) is 2.05. The van der Waals surface area contributed by atoms with E-state index in [1.807, 2.05) is 23.5 Å². The summed E-state index contributed by atoms with van der Waals surface area (Å²) < 4.78 is 0. The molecule has 92 valence electrons. The summed E-state index contributed by atoms with van der Waals surface area (Å²) >= 11 is 3.66. The fraction of sp³-hybridized carbons (Fsp3) is 0.778. The van der Waals surface area contributed by atoms with Gasteiger partial charge in [-0.15, -0.1) is 17.0 Å². The van der Waals surface area contributed by atoms with E-state index in [1.54, 1.807) is 0 Å². The van der Waals surface area contributed by atoms with E-state index in [0.717, 1.165) is 48.0 Å². The Bertz CT molecular complexity index is 244. The maximum Gasteiger partial charge on any atom is 0.156 e. The van der Waals surface area contributed by atoms with Crippen molar-refractivity contribution in [3.63, 3.8) is 0 Å². The van der Waals surface area contributed by atoms with Crippen LogP contribution in [0.3, 0.4) is 0 Å². The second-order valence-electron chi connectivity index (χ2n) is 3.28. The summed E-state index contributed by atoms with van der Waals surface area (Å²) in [5.74, 6) is 2.29. The van der Waals surface area contributed by atoms with Gasteiger partial charge in [-0.25, -0.2) is 0 Å². The van der Waals surface area contributed by atoms with E-state index >= 15 is 0 Å². The van der Waals surface area contributed by atoms with Crippen LogP contribution in [0.4, 0.5) is 0 Å². The molecule has 0 aromatic carbocycles. The molecule has 0 atom stereocenters. The van der Waals surface area contributed by atoms with Gasteiger partial charge in [0, 0.05) is 24.6 Å². The summed E-state index contributed by atoms with van der Waals surface area (Å²) in [6.45, 7) is 3.91. The van der Waals surface area contributed by atoms with Crippen molar-refractivity contribution in [1.82, 2.24) is 10.6 Å². The van der Waals surface area contributed by atoms with Gasteiger partial charge < -0.3 is 10.6 Å². The lowest BCUT2D eigenvalue weighted by Gasteiger charge is -2.02. The van der Waals surface area contributed by atoms with Crippen LogP contribution in [0.5, 0.6) is 0 Å². The van der Waals surface area contributed by atoms with Gasteiger partial charge in [0.15, 0.2) is 10.3 Å². The number of halogens is 1. The topological polar surface area (TPSA) is 48.8 Å². The lowest BCUT2D eigenvalue weighted by atomic mass is 10.6. The summed E-state index contributed by atoms with van der Waals surface area (Å²) in [6.07, 6.45) is 1.21. The SMILES string of the molecule is Br.C(CSC1=NCCN1)CSC1=NCCN1. The van der Waals surface area contributed by atoms with Gasteiger partial charge in [-0.2, -0.15) is 0 Å². The van der Waals surface area contributed by atoms with Crippen LogP contribution >= 0.6 is 40.5 Å². The number of amidine groups is 2. The van der Waals surface area contributed by atoms with Gasteiger partial charge in [0.05, 0.1) is 13.1 Å². The molecule has 0 aliphatic carbocycles. The molecule has 0 unspecified atom stereocenters. The molecule has 7 heteroatoms. The molecule has 0 aromatic rings. The van der Waals surface area contributed by atoms with E-state index in [9.17, 15) is 0 Å². The normalized spacial score (nSPS) is 18.2. The second-order valence-corrected chi connectivity index (χ2v) is 5.45. The highest BCUT2D eigenvalue weighted by Crippen LogP contribution is 2.11. The van der Waals surface area contributed by atoms with Crippen molar-refractivity contribution < 1.29 is 0 Å². The van der Waals surface area contributed by atoms with Gasteiger partial charge >= 0.3 is 0 Å². The number of nitrogens with zero attached hydrogens (tertiary/aromatic N) is 2. The highest BCUT2D eigenvalue weighted by atomic mass is 79.9. The average Bonchev–Trinajstić information content (AvgIpc) is 2.88. The molecule has 16 heavy (non-hydrogen) atoms. The smallest absolute Gasteiger partial charge is 0.156 e. The molecule has 2 aliphatic rings. The lowest BCUT2D eigenvalue weighted by Crippen LogP contribution is -2.16. The van der Waals surface area contributed by atoms with E-state index < -0.39 is 0 Å². The van der Waals surface area contributed by atoms with E-state index in [4.69, 9.17) is 0 Å². The van der Waals surface area contributed by atoms with Crippen molar-refractivity contribution in [2.24, 2.45) is 9.98 Å². The minimum atomic E-state index is 0. The Balaban J connectivity index is 0.00000128. The summed E-state index contributed by atoms with van der Waals surface area (Å²) in [6, 6.07) is 0. The first kappa shape index (κ1) is 14.2. The summed E-state index contributed by atoms with van der Waals surface area (Å²) in [7, 11) is 0. The zero-order valence-corrected chi connectivity index (χ0v) is 12.4. The van der Waals surface area contributed by atoms with Crippen molar-refractivity contribution in [2.75, 3.05) is 37.7 Å². The molecule has 0 fully saturated rings. The largest absolute Gasteiger partial charge is 0.363 e. The fourth-order valence-electron chi connectivity index (χ4n) is 1.34. The summed E-state index contributed by atoms with van der Waals surface area (Å²) in [5, 5.41) is 8.76. The summed E-state index contributed by atoms with van der Waals surface area (Å²) in [4.78, 5) is 8.67. The first-order chi connectivity index (χ1) is 7.45. The third kappa shape index (κ3) is 4.97. The van der Waals surface area contributed by atoms with E-state index in [-0.39, 0.29) is 17.0 Å². The number of nitrogens with one attached hydrogen (secondary N) is 2. The van der Waals surface area contributed by atoms with Crippen LogP contribution in [-0.4, -0.2) is 48.0 Å². The van der Waals surface area contributed by atoms with Crippen molar-refractivity contribution >= 4 is 50.8 Å². The van der Waals surface area contributed by atoms with Crippen LogP contribution in [0, 0.1) is 0 Å². The molecule has 0 saturated heterocycles. The van der Waals surface area contributed by atoms with Gasteiger partial charge in [0.25, 0.3) is 0 Å². The maximum absolute atomic E-state index is 4.34. The Labute approximate surface area is 115 Å². The molecule has 2 aliphatic heterocycles. The predicted octanol–water partition coefficient (Wildman–Crippen LogP) is 1.34. The lowest BCUT2D eigenvalue weighted by molar-refractivity contribution is 0.963. The Morgan fingerprint density at radius 2 is 1.44 bits per heavy atom. The third-order valence-corrected chi connectivity index (χ3v) is 4.13. The van der Waals surface area contributed by atoms with Crippen LogP contribution in [0.1, 0.15) is 6.42 Å². The molecule has 4 nitrogen and oxygen atoms in total. The van der Waals surface area contributed by atoms with Crippen molar-refractivity contribution in [3.8, 4) is 0 Å². The van der Waals surface area contributed by atoms with Gasteiger partial charge in [-0.3, -0.25) is 9.98 Å². The Morgan fingerprint density at radius 1 is 0.938 bits per heavy atom. The van der Waals surface area contributed by atoms with Crippen LogP contribution < -0.4 is 10.6 Å². The van der Waals surface area contributed by atoms with Crippen LogP contribution in [0.25, 0.3) is 0 Å². The molecule has 0 saturated carbocycles. The highest BCUT2D eigenvalue weighted by molar-refractivity contribution is 8.93. The van der Waals surface area contributed by atoms with E-state index in [0.29, 0.717) is 0 Å². The molecule has 0 amide bonds. The average molecular weight is 325 g/mol. The number of aliphatic imine (C=N–C) groups is 2. The van der Waals surface area contributed by atoms with E-state index in [1.165, 1.54) is 6.42 Å². The number of rotatable bonds is 4. The van der Waals surface area contributed by atoms with Crippen molar-refractivity contribution in [2.45, 2.75) is 6.42 Å². The van der Waals surface area contributed by atoms with Gasteiger partial charge in [-0.05, 0) is 6.42 Å². The maximum atomic E-state index is 4.34. The summed E-state index contributed by atoms with van der Waals surface area (Å²) in [5.41, 5.74) is 0. The molecular weight excluding hydrogens is 308 g/mol. The van der Waals surface area contributed by atoms with Crippen LogP contribution in [-0.2, 0) is 0 Å². The first-order valence-electron chi connectivity index (χ1n) is 5.27. The molecule has 0 radical (unpaired) electrons. The van der Waals surface area contributed by atoms with Gasteiger partial charge in [0.1, 0.15) is 0 Å². The molecule has 2 N–H and O–H groups in total. The first-order valence-corrected chi connectivity index (χ1v) is 7.24. The van der Waals surface area contributed by atoms with E-state index in [2.05, 4.69) is 20.6 Å². The van der Waals surface area contributed by atoms with Crippen LogP contribution in [0.15, 0.2) is 9.98 Å². The highest BCUT2D eigenvalue weighted by Gasteiger charge is 2.06. The van der Waals surface area contributed by atoms with Crippen molar-refractivity contribution in [3.05, 3.63) is 0 Å². The van der Waals surface area contributed by atoms with Gasteiger partial charge in [0.2, 0.25) is 0 Å². The van der Waals surface area contributed by atoms with Crippen molar-refractivity contribution in [1.29, 1.82) is 0 Å².